The maximum Gasteiger partial charge on any atom is 0.106 e. The largest absolute Gasteiger partial charge is 0.384 e. The van der Waals surface area contributed by atoms with Gasteiger partial charge in [-0.1, -0.05) is 48.6 Å². The van der Waals surface area contributed by atoms with Crippen LogP contribution in [0.15, 0.2) is 42.5 Å². The van der Waals surface area contributed by atoms with Gasteiger partial charge in [-0.2, -0.15) is 0 Å². The summed E-state index contributed by atoms with van der Waals surface area (Å²) in [6, 6.07) is 13.2. The van der Waals surface area contributed by atoms with E-state index in [4.69, 9.17) is 12.2 Å². The number of hydrogen-bond acceptors (Lipinski definition) is 2. The van der Waals surface area contributed by atoms with E-state index < -0.39 is 6.10 Å². The summed E-state index contributed by atoms with van der Waals surface area (Å²) >= 11 is 5.03. The quantitative estimate of drug-likeness (QED) is 0.779. The van der Waals surface area contributed by atoms with Gasteiger partial charge in [0, 0.05) is 11.3 Å². The lowest BCUT2D eigenvalue weighted by Gasteiger charge is -2.13. The molecule has 2 N–H and O–H groups in total. The molecule has 3 heteroatoms. The van der Waals surface area contributed by atoms with Gasteiger partial charge in [0.25, 0.3) is 0 Å². The third kappa shape index (κ3) is 2.21. The Morgan fingerprint density at radius 2 is 1.81 bits per heavy atom. The van der Waals surface area contributed by atoms with E-state index in [-0.39, 0.29) is 0 Å². The summed E-state index contributed by atoms with van der Waals surface area (Å²) in [7, 11) is 0. The molecule has 1 aromatic heterocycles. The molecule has 0 aliphatic heterocycles. The molecule has 82 valence electrons. The number of aliphatic hydroxyl groups excluding tert-OH is 1. The van der Waals surface area contributed by atoms with Gasteiger partial charge in [-0.25, -0.2) is 0 Å². The number of H-pyrrole nitrogens is 1. The number of aromatic amines is 1. The Morgan fingerprint density at radius 3 is 2.44 bits per heavy atom. The minimum atomic E-state index is -0.604. The fourth-order valence-electron chi connectivity index (χ4n) is 1.70. The molecule has 0 aliphatic carbocycles. The van der Waals surface area contributed by atoms with Crippen LogP contribution in [0.4, 0.5) is 0 Å². The van der Waals surface area contributed by atoms with E-state index >= 15 is 0 Å². The van der Waals surface area contributed by atoms with Crippen molar-refractivity contribution in [3.05, 3.63) is 63.9 Å². The molecule has 0 fully saturated rings. The second-order valence-electron chi connectivity index (χ2n) is 3.72. The fourth-order valence-corrected chi connectivity index (χ4v) is 1.92. The first-order valence-electron chi connectivity index (χ1n) is 5.11. The van der Waals surface area contributed by atoms with Crippen LogP contribution in [-0.2, 0) is 0 Å². The maximum atomic E-state index is 10.2. The molecule has 1 aromatic carbocycles. The van der Waals surface area contributed by atoms with Gasteiger partial charge >= 0.3 is 0 Å². The third-order valence-corrected chi connectivity index (χ3v) is 2.81. The Morgan fingerprint density at radius 1 is 1.12 bits per heavy atom. The average Bonchev–Trinajstić information content (AvgIpc) is 2.29. The van der Waals surface area contributed by atoms with Crippen LogP contribution in [0.1, 0.15) is 22.9 Å². The van der Waals surface area contributed by atoms with Gasteiger partial charge < -0.3 is 10.1 Å². The Kier molecular flexibility index (Phi) is 3.17. The van der Waals surface area contributed by atoms with Crippen LogP contribution in [0.2, 0.25) is 0 Å². The molecule has 0 unspecified atom stereocenters. The van der Waals surface area contributed by atoms with Gasteiger partial charge in [-0.05, 0) is 18.6 Å². The van der Waals surface area contributed by atoms with E-state index in [1.165, 1.54) is 0 Å². The number of aromatic nitrogens is 1. The summed E-state index contributed by atoms with van der Waals surface area (Å²) in [5.74, 6) is 0. The number of nitrogens with one attached hydrogen (secondary N) is 1. The standard InChI is InChI=1S/C13H13NOS/c1-9-11(7-8-12(16)14-9)13(15)10-5-3-2-4-6-10/h2-8,13,15H,1H3,(H,14,16)/t13-/m0/s1. The lowest BCUT2D eigenvalue weighted by atomic mass is 10.0. The first kappa shape index (κ1) is 11.0. The number of hydrogen-bond donors (Lipinski definition) is 2. The Bertz CT molecular complexity index is 533. The predicted octanol–water partition coefficient (Wildman–Crippen LogP) is 3.13. The number of aryl methyl sites for hydroxylation is 1. The van der Waals surface area contributed by atoms with Crippen molar-refractivity contribution in [1.82, 2.24) is 4.98 Å². The minimum Gasteiger partial charge on any atom is -0.384 e. The smallest absolute Gasteiger partial charge is 0.106 e. The molecule has 2 rings (SSSR count). The van der Waals surface area contributed by atoms with Crippen LogP contribution >= 0.6 is 12.2 Å². The molecular weight excluding hydrogens is 218 g/mol. The Labute approximate surface area is 99.6 Å². The lowest BCUT2D eigenvalue weighted by Crippen LogP contribution is -2.03. The summed E-state index contributed by atoms with van der Waals surface area (Å²) in [4.78, 5) is 3.04. The molecule has 16 heavy (non-hydrogen) atoms. The molecule has 0 aliphatic rings. The van der Waals surface area contributed by atoms with E-state index in [0.29, 0.717) is 4.64 Å². The van der Waals surface area contributed by atoms with Crippen molar-refractivity contribution < 1.29 is 5.11 Å². The van der Waals surface area contributed by atoms with Gasteiger partial charge in [0.15, 0.2) is 0 Å². The lowest BCUT2D eigenvalue weighted by molar-refractivity contribution is 0.219. The summed E-state index contributed by atoms with van der Waals surface area (Å²) in [6.45, 7) is 1.91. The molecule has 0 saturated carbocycles. The highest BCUT2D eigenvalue weighted by Gasteiger charge is 2.11. The first-order valence-corrected chi connectivity index (χ1v) is 5.52. The predicted molar refractivity (Wildman–Crippen MR) is 66.9 cm³/mol. The van der Waals surface area contributed by atoms with Crippen molar-refractivity contribution in [1.29, 1.82) is 0 Å². The summed E-state index contributed by atoms with van der Waals surface area (Å²) < 4.78 is 0.682. The highest BCUT2D eigenvalue weighted by atomic mass is 32.1. The van der Waals surface area contributed by atoms with Crippen molar-refractivity contribution in [2.75, 3.05) is 0 Å². The SMILES string of the molecule is Cc1[nH]c(=S)ccc1[C@@H](O)c1ccccc1. The molecule has 2 aromatic rings. The maximum absolute atomic E-state index is 10.2. The second kappa shape index (κ2) is 4.60. The van der Waals surface area contributed by atoms with Crippen molar-refractivity contribution in [3.8, 4) is 0 Å². The molecule has 1 atom stereocenters. The van der Waals surface area contributed by atoms with E-state index in [1.807, 2.05) is 43.3 Å². The molecule has 0 bridgehead atoms. The summed E-state index contributed by atoms with van der Waals surface area (Å²) in [5.41, 5.74) is 2.65. The number of pyridine rings is 1. The molecule has 0 spiro atoms. The Hall–Kier alpha value is -1.45. The fraction of sp³-hybridized carbons (Fsp3) is 0.154. The number of benzene rings is 1. The van der Waals surface area contributed by atoms with E-state index in [1.54, 1.807) is 6.07 Å². The summed E-state index contributed by atoms with van der Waals surface area (Å²) in [5, 5.41) is 10.2. The van der Waals surface area contributed by atoms with Gasteiger partial charge in [-0.3, -0.25) is 0 Å². The van der Waals surface area contributed by atoms with Crippen LogP contribution in [0.25, 0.3) is 0 Å². The molecule has 0 radical (unpaired) electrons. The molecular formula is C13H13NOS. The topological polar surface area (TPSA) is 36.0 Å². The van der Waals surface area contributed by atoms with Gasteiger partial charge in [-0.15, -0.1) is 0 Å². The molecule has 1 heterocycles. The Balaban J connectivity index is 2.42. The summed E-state index contributed by atoms with van der Waals surface area (Å²) in [6.07, 6.45) is -0.604. The normalized spacial score (nSPS) is 12.4. The number of aliphatic hydroxyl groups is 1. The average molecular weight is 231 g/mol. The van der Waals surface area contributed by atoms with Crippen molar-refractivity contribution in [2.24, 2.45) is 0 Å². The number of rotatable bonds is 2. The van der Waals surface area contributed by atoms with Crippen molar-refractivity contribution in [2.45, 2.75) is 13.0 Å². The van der Waals surface area contributed by atoms with Gasteiger partial charge in [0.1, 0.15) is 10.7 Å². The van der Waals surface area contributed by atoms with Crippen molar-refractivity contribution >= 4 is 12.2 Å². The van der Waals surface area contributed by atoms with E-state index in [9.17, 15) is 5.11 Å². The molecule has 2 nitrogen and oxygen atoms in total. The van der Waals surface area contributed by atoms with Crippen LogP contribution in [0.3, 0.4) is 0 Å². The van der Waals surface area contributed by atoms with Crippen LogP contribution in [-0.4, -0.2) is 10.1 Å². The zero-order valence-electron chi connectivity index (χ0n) is 8.97. The van der Waals surface area contributed by atoms with Crippen LogP contribution < -0.4 is 0 Å². The zero-order chi connectivity index (χ0) is 11.5. The highest BCUT2D eigenvalue weighted by Crippen LogP contribution is 2.23. The molecule has 0 saturated heterocycles. The van der Waals surface area contributed by atoms with Crippen molar-refractivity contribution in [3.63, 3.8) is 0 Å². The zero-order valence-corrected chi connectivity index (χ0v) is 9.79. The van der Waals surface area contributed by atoms with Crippen LogP contribution in [0, 0.1) is 11.6 Å². The van der Waals surface area contributed by atoms with E-state index in [2.05, 4.69) is 4.98 Å². The van der Waals surface area contributed by atoms with E-state index in [0.717, 1.165) is 16.8 Å². The highest BCUT2D eigenvalue weighted by molar-refractivity contribution is 7.71. The first-order chi connectivity index (χ1) is 7.68. The third-order valence-electron chi connectivity index (χ3n) is 2.57. The molecule has 0 amide bonds. The monoisotopic (exact) mass is 231 g/mol. The van der Waals surface area contributed by atoms with Gasteiger partial charge in [0.05, 0.1) is 0 Å². The second-order valence-corrected chi connectivity index (χ2v) is 4.16. The van der Waals surface area contributed by atoms with Gasteiger partial charge in [0.2, 0.25) is 0 Å². The minimum absolute atomic E-state index is 0.604. The van der Waals surface area contributed by atoms with Crippen LogP contribution in [0.5, 0.6) is 0 Å².